The lowest BCUT2D eigenvalue weighted by Crippen LogP contribution is -2.49. The van der Waals surface area contributed by atoms with Gasteiger partial charge in [0.15, 0.2) is 0 Å². The Kier molecular flexibility index (Phi) is 30.3. The summed E-state index contributed by atoms with van der Waals surface area (Å²) in [6.45, 7) is -1.87. The highest BCUT2D eigenvalue weighted by Crippen LogP contribution is 2.20. The molecule has 0 radical (unpaired) electrons. The van der Waals surface area contributed by atoms with Gasteiger partial charge in [0.2, 0.25) is 0 Å². The predicted octanol–water partition coefficient (Wildman–Crippen LogP) is -2.87. The van der Waals surface area contributed by atoms with Gasteiger partial charge in [-0.25, -0.2) is 0 Å². The molecular weight excluding hydrogens is 600 g/mol. The summed E-state index contributed by atoms with van der Waals surface area (Å²) in [4.78, 5) is 0. The van der Waals surface area contributed by atoms with Crippen LogP contribution in [-0.4, -0.2) is 182 Å². The molecule has 0 saturated carbocycles. The van der Waals surface area contributed by atoms with Gasteiger partial charge < -0.3 is 74.7 Å². The highest BCUT2D eigenvalue weighted by molar-refractivity contribution is 4.82. The van der Waals surface area contributed by atoms with Crippen LogP contribution >= 0.6 is 0 Å². The summed E-state index contributed by atoms with van der Waals surface area (Å²) in [5, 5.41) is 95.6. The zero-order chi connectivity index (χ0) is 33.7. The van der Waals surface area contributed by atoms with Crippen LogP contribution in [-0.2, 0) is 23.7 Å². The van der Waals surface area contributed by atoms with Crippen molar-refractivity contribution in [3.05, 3.63) is 0 Å². The van der Waals surface area contributed by atoms with Crippen LogP contribution in [0.25, 0.3) is 0 Å². The van der Waals surface area contributed by atoms with E-state index in [1.807, 2.05) is 0 Å². The Balaban J connectivity index is 6.34. The second-order valence-electron chi connectivity index (χ2n) is 11.4. The summed E-state index contributed by atoms with van der Waals surface area (Å²) in [5.41, 5.74) is 0. The number of rotatable bonds is 34. The van der Waals surface area contributed by atoms with Crippen LogP contribution in [0.3, 0.4) is 0 Å². The fraction of sp³-hybridized carbons (Fsp3) is 1.00. The molecule has 0 aliphatic heterocycles. The Labute approximate surface area is 267 Å². The van der Waals surface area contributed by atoms with Gasteiger partial charge in [0.25, 0.3) is 0 Å². The third kappa shape index (κ3) is 21.1. The van der Waals surface area contributed by atoms with Crippen molar-refractivity contribution in [3.8, 4) is 0 Å². The molecule has 0 heterocycles. The minimum absolute atomic E-state index is 0.00482. The molecule has 7 unspecified atom stereocenters. The summed E-state index contributed by atoms with van der Waals surface area (Å²) in [7, 11) is 0. The molecule has 15 nitrogen and oxygen atoms in total. The van der Waals surface area contributed by atoms with Crippen LogP contribution in [0.1, 0.15) is 32.1 Å². The third-order valence-electron chi connectivity index (χ3n) is 7.60. The highest BCUT2D eigenvalue weighted by Gasteiger charge is 2.35. The van der Waals surface area contributed by atoms with Gasteiger partial charge in [-0.15, -0.1) is 0 Å². The predicted molar refractivity (Wildman–Crippen MR) is 162 cm³/mol. The number of hydrogen-bond acceptors (Lipinski definition) is 15. The van der Waals surface area contributed by atoms with Crippen LogP contribution in [0.2, 0.25) is 0 Å². The molecule has 0 rings (SSSR count). The van der Waals surface area contributed by atoms with E-state index in [9.17, 15) is 51.1 Å². The molecule has 0 spiro atoms. The van der Waals surface area contributed by atoms with E-state index in [4.69, 9.17) is 23.7 Å². The molecule has 0 aliphatic carbocycles. The van der Waals surface area contributed by atoms with Gasteiger partial charge >= 0.3 is 0 Å². The molecule has 45 heavy (non-hydrogen) atoms. The second-order valence-corrected chi connectivity index (χ2v) is 11.4. The number of hydrogen-bond donors (Lipinski definition) is 10. The van der Waals surface area contributed by atoms with E-state index >= 15 is 0 Å². The van der Waals surface area contributed by atoms with Gasteiger partial charge in [-0.2, -0.15) is 0 Å². The summed E-state index contributed by atoms with van der Waals surface area (Å²) in [6, 6.07) is 0. The molecule has 0 aromatic rings. The maximum Gasteiger partial charge on any atom is 0.114 e. The van der Waals surface area contributed by atoms with Crippen molar-refractivity contribution in [2.24, 2.45) is 29.6 Å². The van der Waals surface area contributed by atoms with Crippen LogP contribution in [0.4, 0.5) is 0 Å². The van der Waals surface area contributed by atoms with Crippen molar-refractivity contribution in [2.45, 2.75) is 50.4 Å². The first kappa shape index (κ1) is 44.4. The topological polar surface area (TPSA) is 248 Å². The van der Waals surface area contributed by atoms with Gasteiger partial charge in [0.05, 0.1) is 46.2 Å². The maximum absolute atomic E-state index is 9.85. The van der Waals surface area contributed by atoms with E-state index in [1.54, 1.807) is 0 Å². The average molecular weight is 663 g/mol. The lowest BCUT2D eigenvalue weighted by molar-refractivity contribution is -0.185. The van der Waals surface area contributed by atoms with E-state index in [0.29, 0.717) is 12.8 Å². The Morgan fingerprint density at radius 3 is 0.844 bits per heavy atom. The molecule has 272 valence electrons. The Morgan fingerprint density at radius 2 is 0.578 bits per heavy atom. The van der Waals surface area contributed by atoms with Crippen LogP contribution in [0.5, 0.6) is 0 Å². The molecule has 7 atom stereocenters. The molecule has 10 N–H and O–H groups in total. The normalized spacial score (nSPS) is 17.5. The molecule has 0 aliphatic rings. The molecular formula is C30H62O15. The average Bonchev–Trinajstić information content (AvgIpc) is 3.05. The standard InChI is InChI=1S/C30H62O15/c31-6-1-23(11-36)16-41-21-28(43-18-25(13-38)3-8-33)30(45-20-27(15-40)5-10-35)29(44-19-26(14-39)4-9-34)22-42-17-24(12-37)2-7-32/h23-40H,1-22H2. The van der Waals surface area contributed by atoms with E-state index in [-0.39, 0.29) is 143 Å². The first-order valence-electron chi connectivity index (χ1n) is 16.0. The van der Waals surface area contributed by atoms with Gasteiger partial charge in [0, 0.05) is 95.7 Å². The lowest BCUT2D eigenvalue weighted by atomic mass is 10.0. The molecule has 0 amide bonds. The third-order valence-corrected chi connectivity index (χ3v) is 7.60. The van der Waals surface area contributed by atoms with E-state index in [0.717, 1.165) is 0 Å². The number of aliphatic hydroxyl groups is 10. The summed E-state index contributed by atoms with van der Waals surface area (Å²) in [5.74, 6) is -1.90. The van der Waals surface area contributed by atoms with Crippen LogP contribution < -0.4 is 0 Å². The molecule has 0 fully saturated rings. The fourth-order valence-electron chi connectivity index (χ4n) is 4.45. The van der Waals surface area contributed by atoms with Crippen molar-refractivity contribution < 1.29 is 74.7 Å². The summed E-state index contributed by atoms with van der Waals surface area (Å²) >= 11 is 0. The fourth-order valence-corrected chi connectivity index (χ4v) is 4.45. The first-order chi connectivity index (χ1) is 21.9. The lowest BCUT2D eigenvalue weighted by Gasteiger charge is -2.36. The van der Waals surface area contributed by atoms with Crippen LogP contribution in [0, 0.1) is 29.6 Å². The summed E-state index contributed by atoms with van der Waals surface area (Å²) in [6.07, 6.45) is -1.23. The minimum Gasteiger partial charge on any atom is -0.396 e. The summed E-state index contributed by atoms with van der Waals surface area (Å²) < 4.78 is 30.6. The number of aliphatic hydroxyl groups excluding tert-OH is 10. The van der Waals surface area contributed by atoms with Crippen molar-refractivity contribution in [2.75, 3.05) is 112 Å². The zero-order valence-corrected chi connectivity index (χ0v) is 26.7. The molecule has 0 aromatic carbocycles. The molecule has 0 aromatic heterocycles. The molecule has 15 heteroatoms. The van der Waals surface area contributed by atoms with Crippen molar-refractivity contribution in [3.63, 3.8) is 0 Å². The Hall–Kier alpha value is -0.600. The first-order valence-corrected chi connectivity index (χ1v) is 16.0. The largest absolute Gasteiger partial charge is 0.396 e. The van der Waals surface area contributed by atoms with E-state index in [1.165, 1.54) is 0 Å². The molecule has 0 saturated heterocycles. The van der Waals surface area contributed by atoms with E-state index < -0.39 is 36.1 Å². The molecule has 0 bridgehead atoms. The van der Waals surface area contributed by atoms with Gasteiger partial charge in [-0.3, -0.25) is 0 Å². The monoisotopic (exact) mass is 662 g/mol. The van der Waals surface area contributed by atoms with Crippen molar-refractivity contribution >= 4 is 0 Å². The zero-order valence-electron chi connectivity index (χ0n) is 26.7. The van der Waals surface area contributed by atoms with Crippen LogP contribution in [0.15, 0.2) is 0 Å². The van der Waals surface area contributed by atoms with Gasteiger partial charge in [0.1, 0.15) is 18.3 Å². The quantitative estimate of drug-likeness (QED) is 0.0333. The SMILES string of the molecule is OCCC(CO)COCC(OCC(CO)CCO)C(OCC(CO)CCO)C(COCC(CO)CCO)OCC(CO)CCO. The smallest absolute Gasteiger partial charge is 0.114 e. The van der Waals surface area contributed by atoms with Crippen molar-refractivity contribution in [1.82, 2.24) is 0 Å². The minimum atomic E-state index is -0.935. The van der Waals surface area contributed by atoms with Gasteiger partial charge in [-0.1, -0.05) is 0 Å². The van der Waals surface area contributed by atoms with E-state index in [2.05, 4.69) is 0 Å². The number of ether oxygens (including phenoxy) is 5. The Morgan fingerprint density at radius 1 is 0.311 bits per heavy atom. The maximum atomic E-state index is 9.85. The Bertz CT molecular complexity index is 578. The van der Waals surface area contributed by atoms with Crippen molar-refractivity contribution in [1.29, 1.82) is 0 Å². The van der Waals surface area contributed by atoms with Gasteiger partial charge in [-0.05, 0) is 32.1 Å². The second kappa shape index (κ2) is 30.7. The highest BCUT2D eigenvalue weighted by atomic mass is 16.6.